The zero-order chi connectivity index (χ0) is 19.9. The molecule has 0 fully saturated rings. The van der Waals surface area contributed by atoms with Crippen LogP contribution >= 0.6 is 11.8 Å². The number of aromatic nitrogens is 3. The number of nitrogens with one attached hydrogen (secondary N) is 2. The Morgan fingerprint density at radius 2 is 1.93 bits per heavy atom. The molecule has 0 atom stereocenters. The number of nitrogens with zero attached hydrogens (tertiary/aromatic N) is 3. The van der Waals surface area contributed by atoms with Crippen LogP contribution in [0.15, 0.2) is 60.0 Å². The summed E-state index contributed by atoms with van der Waals surface area (Å²) in [6, 6.07) is 14.5. The highest BCUT2D eigenvalue weighted by atomic mass is 32.2. The van der Waals surface area contributed by atoms with Gasteiger partial charge in [-0.3, -0.25) is 9.59 Å². The monoisotopic (exact) mass is 395 g/mol. The largest absolute Gasteiger partial charge is 0.325 e. The number of carbonyl (C=O) groups excluding carboxylic acids is 2. The zero-order valence-electron chi connectivity index (χ0n) is 15.7. The molecule has 0 aliphatic rings. The highest BCUT2D eigenvalue weighted by molar-refractivity contribution is 7.99. The first-order chi connectivity index (χ1) is 13.6. The van der Waals surface area contributed by atoms with Gasteiger partial charge in [0.05, 0.1) is 17.0 Å². The Labute approximate surface area is 167 Å². The predicted octanol–water partition coefficient (Wildman–Crippen LogP) is 3.59. The van der Waals surface area contributed by atoms with Crippen LogP contribution in [0.25, 0.3) is 0 Å². The SMILES string of the molecule is CCn1cnnc1SCC(=O)Nc1ccccc1C(=O)Nc1cccc(C)c1. The Bertz CT molecular complexity index is 986. The van der Waals surface area contributed by atoms with Crippen molar-refractivity contribution >= 4 is 35.0 Å². The van der Waals surface area contributed by atoms with E-state index in [1.165, 1.54) is 11.8 Å². The van der Waals surface area contributed by atoms with Gasteiger partial charge in [0, 0.05) is 12.2 Å². The minimum atomic E-state index is -0.278. The number of hydrogen-bond donors (Lipinski definition) is 2. The van der Waals surface area contributed by atoms with Gasteiger partial charge >= 0.3 is 0 Å². The van der Waals surface area contributed by atoms with Gasteiger partial charge in [0.15, 0.2) is 5.16 Å². The molecule has 0 radical (unpaired) electrons. The quantitative estimate of drug-likeness (QED) is 0.597. The molecule has 0 spiro atoms. The molecule has 28 heavy (non-hydrogen) atoms. The molecule has 0 saturated carbocycles. The Balaban J connectivity index is 1.66. The smallest absolute Gasteiger partial charge is 0.257 e. The van der Waals surface area contributed by atoms with Crippen molar-refractivity contribution in [3.63, 3.8) is 0 Å². The van der Waals surface area contributed by atoms with Gasteiger partial charge < -0.3 is 15.2 Å². The second kappa shape index (κ2) is 9.18. The van der Waals surface area contributed by atoms with Gasteiger partial charge in [-0.2, -0.15) is 0 Å². The summed E-state index contributed by atoms with van der Waals surface area (Å²) in [5.41, 5.74) is 2.63. The van der Waals surface area contributed by atoms with Crippen molar-refractivity contribution in [2.24, 2.45) is 0 Å². The van der Waals surface area contributed by atoms with Gasteiger partial charge in [0.2, 0.25) is 5.91 Å². The van der Waals surface area contributed by atoms with Crippen molar-refractivity contribution in [1.82, 2.24) is 14.8 Å². The summed E-state index contributed by atoms with van der Waals surface area (Å²) in [6.45, 7) is 4.68. The number of benzene rings is 2. The standard InChI is InChI=1S/C20H21N5O2S/c1-3-25-13-21-24-20(25)28-12-18(26)23-17-10-5-4-9-16(17)19(27)22-15-8-6-7-14(2)11-15/h4-11,13H,3,12H2,1-2H3,(H,22,27)(H,23,26). The molecule has 1 heterocycles. The van der Waals surface area contributed by atoms with Crippen LogP contribution in [0.1, 0.15) is 22.8 Å². The second-order valence-electron chi connectivity index (χ2n) is 6.11. The summed E-state index contributed by atoms with van der Waals surface area (Å²) in [6.07, 6.45) is 1.63. The number of hydrogen-bond acceptors (Lipinski definition) is 5. The molecule has 0 aliphatic carbocycles. The third-order valence-electron chi connectivity index (χ3n) is 3.97. The molecule has 7 nitrogen and oxygen atoms in total. The van der Waals surface area contributed by atoms with Gasteiger partial charge in [-0.05, 0) is 43.7 Å². The third-order valence-corrected chi connectivity index (χ3v) is 4.96. The fourth-order valence-electron chi connectivity index (χ4n) is 2.60. The fraction of sp³-hybridized carbons (Fsp3) is 0.200. The summed E-state index contributed by atoms with van der Waals surface area (Å²) in [5, 5.41) is 14.2. The summed E-state index contributed by atoms with van der Waals surface area (Å²) in [7, 11) is 0. The second-order valence-corrected chi connectivity index (χ2v) is 7.05. The van der Waals surface area contributed by atoms with E-state index in [-0.39, 0.29) is 17.6 Å². The lowest BCUT2D eigenvalue weighted by molar-refractivity contribution is -0.113. The van der Waals surface area contributed by atoms with Gasteiger partial charge in [-0.25, -0.2) is 0 Å². The number of para-hydroxylation sites is 1. The lowest BCUT2D eigenvalue weighted by Crippen LogP contribution is -2.19. The molecule has 2 amide bonds. The Hall–Kier alpha value is -3.13. The van der Waals surface area contributed by atoms with Crippen LogP contribution in [0.5, 0.6) is 0 Å². The summed E-state index contributed by atoms with van der Waals surface area (Å²) >= 11 is 1.30. The number of thioether (sulfide) groups is 1. The Morgan fingerprint density at radius 1 is 1.11 bits per heavy atom. The first-order valence-electron chi connectivity index (χ1n) is 8.84. The zero-order valence-corrected chi connectivity index (χ0v) is 16.5. The van der Waals surface area contributed by atoms with E-state index in [9.17, 15) is 9.59 Å². The molecule has 3 rings (SSSR count). The van der Waals surface area contributed by atoms with Crippen LogP contribution < -0.4 is 10.6 Å². The molecule has 2 aromatic carbocycles. The maximum Gasteiger partial charge on any atom is 0.257 e. The highest BCUT2D eigenvalue weighted by Gasteiger charge is 2.14. The summed E-state index contributed by atoms with van der Waals surface area (Å²) in [5.74, 6) is -0.321. The van der Waals surface area contributed by atoms with Gasteiger partial charge in [-0.1, -0.05) is 36.0 Å². The molecular weight excluding hydrogens is 374 g/mol. The van der Waals surface area contributed by atoms with Gasteiger partial charge in [-0.15, -0.1) is 10.2 Å². The predicted molar refractivity (Wildman–Crippen MR) is 111 cm³/mol. The van der Waals surface area contributed by atoms with E-state index in [2.05, 4.69) is 20.8 Å². The van der Waals surface area contributed by atoms with Crippen molar-refractivity contribution in [2.75, 3.05) is 16.4 Å². The molecular formula is C20H21N5O2S. The van der Waals surface area contributed by atoms with E-state index in [0.717, 1.165) is 12.1 Å². The maximum atomic E-state index is 12.7. The first kappa shape index (κ1) is 19.6. The normalized spacial score (nSPS) is 10.5. The van der Waals surface area contributed by atoms with Crippen LogP contribution in [-0.4, -0.2) is 32.3 Å². The molecule has 0 saturated heterocycles. The lowest BCUT2D eigenvalue weighted by atomic mass is 10.1. The number of carbonyl (C=O) groups is 2. The molecule has 2 N–H and O–H groups in total. The van der Waals surface area contributed by atoms with Crippen molar-refractivity contribution in [3.05, 3.63) is 66.0 Å². The van der Waals surface area contributed by atoms with Crippen molar-refractivity contribution < 1.29 is 9.59 Å². The number of rotatable bonds is 7. The Morgan fingerprint density at radius 3 is 2.71 bits per heavy atom. The summed E-state index contributed by atoms with van der Waals surface area (Å²) < 4.78 is 1.86. The van der Waals surface area contributed by atoms with E-state index in [1.54, 1.807) is 30.6 Å². The average molecular weight is 395 g/mol. The van der Waals surface area contributed by atoms with E-state index < -0.39 is 0 Å². The third kappa shape index (κ3) is 4.98. The van der Waals surface area contributed by atoms with Crippen molar-refractivity contribution in [2.45, 2.75) is 25.5 Å². The van der Waals surface area contributed by atoms with E-state index in [1.807, 2.05) is 42.7 Å². The molecule has 1 aromatic heterocycles. The molecule has 3 aromatic rings. The topological polar surface area (TPSA) is 88.9 Å². The average Bonchev–Trinajstić information content (AvgIpc) is 3.14. The minimum Gasteiger partial charge on any atom is -0.325 e. The van der Waals surface area contributed by atoms with Gasteiger partial charge in [0.1, 0.15) is 6.33 Å². The molecule has 0 aliphatic heterocycles. The van der Waals surface area contributed by atoms with Crippen molar-refractivity contribution in [3.8, 4) is 0 Å². The van der Waals surface area contributed by atoms with Crippen LogP contribution in [0.4, 0.5) is 11.4 Å². The van der Waals surface area contributed by atoms with Crippen LogP contribution in [-0.2, 0) is 11.3 Å². The molecule has 0 bridgehead atoms. The lowest BCUT2D eigenvalue weighted by Gasteiger charge is -2.12. The highest BCUT2D eigenvalue weighted by Crippen LogP contribution is 2.20. The first-order valence-corrected chi connectivity index (χ1v) is 9.83. The molecule has 144 valence electrons. The molecule has 8 heteroatoms. The maximum absolute atomic E-state index is 12.7. The summed E-state index contributed by atoms with van der Waals surface area (Å²) in [4.78, 5) is 25.0. The minimum absolute atomic E-state index is 0.173. The Kier molecular flexibility index (Phi) is 6.44. The number of amides is 2. The number of anilines is 2. The van der Waals surface area contributed by atoms with E-state index in [0.29, 0.717) is 22.1 Å². The van der Waals surface area contributed by atoms with E-state index in [4.69, 9.17) is 0 Å². The van der Waals surface area contributed by atoms with Crippen LogP contribution in [0, 0.1) is 6.92 Å². The van der Waals surface area contributed by atoms with Crippen LogP contribution in [0.2, 0.25) is 0 Å². The van der Waals surface area contributed by atoms with Crippen LogP contribution in [0.3, 0.4) is 0 Å². The molecule has 0 unspecified atom stereocenters. The van der Waals surface area contributed by atoms with Crippen molar-refractivity contribution in [1.29, 1.82) is 0 Å². The van der Waals surface area contributed by atoms with E-state index >= 15 is 0 Å². The van der Waals surface area contributed by atoms with Gasteiger partial charge in [0.25, 0.3) is 5.91 Å². The fourth-order valence-corrected chi connectivity index (χ4v) is 3.38. The number of aryl methyl sites for hydroxylation is 2.